The number of amidine groups is 2. The molecule has 0 atom stereocenters. The van der Waals surface area contributed by atoms with Crippen molar-refractivity contribution < 1.29 is 0 Å². The van der Waals surface area contributed by atoms with Gasteiger partial charge in [-0.2, -0.15) is 0 Å². The van der Waals surface area contributed by atoms with Gasteiger partial charge in [-0.05, 0) is 98.1 Å². The smallest absolute Gasteiger partial charge is 0.164 e. The van der Waals surface area contributed by atoms with Crippen molar-refractivity contribution in [2.45, 2.75) is 6.92 Å². The van der Waals surface area contributed by atoms with E-state index in [-0.39, 0.29) is 0 Å². The van der Waals surface area contributed by atoms with Crippen molar-refractivity contribution in [3.63, 3.8) is 0 Å². The van der Waals surface area contributed by atoms with Crippen LogP contribution in [0.25, 0.3) is 76.7 Å². The van der Waals surface area contributed by atoms with Crippen LogP contribution < -0.4 is 0 Å². The van der Waals surface area contributed by atoms with Gasteiger partial charge in [0.15, 0.2) is 11.7 Å². The molecule has 4 heteroatoms. The van der Waals surface area contributed by atoms with Gasteiger partial charge >= 0.3 is 0 Å². The predicted molar refractivity (Wildman–Crippen MR) is 248 cm³/mol. The monoisotopic (exact) mass is 752 g/mol. The normalized spacial score (nSPS) is 12.8. The summed E-state index contributed by atoms with van der Waals surface area (Å²) in [6, 6.07) is 70.7. The summed E-state index contributed by atoms with van der Waals surface area (Å²) in [5, 5.41) is 8.31. The van der Waals surface area contributed by atoms with E-state index in [0.717, 1.165) is 66.8 Å². The summed E-state index contributed by atoms with van der Waals surface area (Å²) in [5.41, 5.74) is 12.4. The Morgan fingerprint density at radius 1 is 0.424 bits per heavy atom. The Labute approximate surface area is 342 Å². The molecular formula is C55H36N4. The summed E-state index contributed by atoms with van der Waals surface area (Å²) in [6.07, 6.45) is 0. The van der Waals surface area contributed by atoms with Crippen molar-refractivity contribution >= 4 is 66.3 Å². The number of hydrogen-bond donors (Lipinski definition) is 0. The zero-order valence-corrected chi connectivity index (χ0v) is 32.3. The number of aliphatic imine (C=N–C) groups is 3. The summed E-state index contributed by atoms with van der Waals surface area (Å²) in [7, 11) is 0. The maximum Gasteiger partial charge on any atom is 0.164 e. The highest BCUT2D eigenvalue weighted by atomic mass is 15.0. The molecule has 11 rings (SSSR count). The summed E-state index contributed by atoms with van der Waals surface area (Å²) >= 11 is 0. The van der Waals surface area contributed by atoms with Crippen molar-refractivity contribution in [3.05, 3.63) is 217 Å². The van der Waals surface area contributed by atoms with Crippen LogP contribution in [0.2, 0.25) is 0 Å². The highest BCUT2D eigenvalue weighted by Gasteiger charge is 2.20. The lowest BCUT2D eigenvalue weighted by Crippen LogP contribution is -2.11. The molecule has 1 aliphatic heterocycles. The molecule has 59 heavy (non-hydrogen) atoms. The first-order chi connectivity index (χ1) is 29.1. The van der Waals surface area contributed by atoms with E-state index in [1.807, 2.05) is 55.5 Å². The molecule has 4 nitrogen and oxygen atoms in total. The number of hydrogen-bond acceptors (Lipinski definition) is 3. The van der Waals surface area contributed by atoms with Crippen LogP contribution in [-0.4, -0.2) is 22.4 Å². The van der Waals surface area contributed by atoms with Crippen LogP contribution in [0.1, 0.15) is 23.6 Å². The third kappa shape index (κ3) is 6.28. The van der Waals surface area contributed by atoms with E-state index in [9.17, 15) is 0 Å². The molecule has 0 fully saturated rings. The van der Waals surface area contributed by atoms with Gasteiger partial charge in [0.25, 0.3) is 0 Å². The van der Waals surface area contributed by atoms with Gasteiger partial charge in [-0.3, -0.25) is 0 Å². The fourth-order valence-corrected chi connectivity index (χ4v) is 8.31. The van der Waals surface area contributed by atoms with Gasteiger partial charge in [-0.1, -0.05) is 164 Å². The molecule has 9 aromatic carbocycles. The second kappa shape index (κ2) is 14.3. The Morgan fingerprint density at radius 3 is 1.69 bits per heavy atom. The zero-order valence-electron chi connectivity index (χ0n) is 32.3. The first-order valence-corrected chi connectivity index (χ1v) is 20.0. The summed E-state index contributed by atoms with van der Waals surface area (Å²) in [6.45, 7) is 2.04. The van der Waals surface area contributed by atoms with Gasteiger partial charge in [0, 0.05) is 33.2 Å². The fraction of sp³-hybridized carbons (Fsp3) is 0.0182. The minimum Gasteiger partial charge on any atom is -0.247 e. The minimum absolute atomic E-state index is 0.631. The van der Waals surface area contributed by atoms with E-state index in [1.165, 1.54) is 38.1 Å². The summed E-state index contributed by atoms with van der Waals surface area (Å²) in [5.74, 6) is 1.33. The van der Waals surface area contributed by atoms with Crippen molar-refractivity contribution in [1.82, 2.24) is 4.98 Å². The fourth-order valence-electron chi connectivity index (χ4n) is 8.31. The molecule has 1 aliphatic rings. The molecule has 1 aromatic heterocycles. The van der Waals surface area contributed by atoms with E-state index in [4.69, 9.17) is 15.0 Å². The molecule has 0 radical (unpaired) electrons. The van der Waals surface area contributed by atoms with Crippen LogP contribution in [0.5, 0.6) is 0 Å². The van der Waals surface area contributed by atoms with Crippen molar-refractivity contribution in [2.24, 2.45) is 15.0 Å². The maximum absolute atomic E-state index is 5.47. The van der Waals surface area contributed by atoms with Crippen molar-refractivity contribution in [3.8, 4) is 33.5 Å². The molecule has 276 valence electrons. The molecule has 0 saturated heterocycles. The molecule has 0 saturated carbocycles. The van der Waals surface area contributed by atoms with E-state index in [1.54, 1.807) is 0 Å². The SMILES string of the molecule is CC(=NC(=NC1=Nc2ccccc21)c1ccccc1)c1ccc(-c2cc(-c3ccc4ccccc4c3)c3cc(-c4ccc5ccccc5c4)c4ccccc4c3n2)cc1. The lowest BCUT2D eigenvalue weighted by atomic mass is 9.90. The van der Waals surface area contributed by atoms with Gasteiger partial charge in [0.2, 0.25) is 0 Å². The molecule has 0 spiro atoms. The summed E-state index contributed by atoms with van der Waals surface area (Å²) in [4.78, 5) is 20.1. The van der Waals surface area contributed by atoms with Gasteiger partial charge in [0.05, 0.1) is 16.9 Å². The number of aromatic nitrogens is 1. The Bertz CT molecular complexity index is 3380. The first kappa shape index (κ1) is 34.4. The number of para-hydroxylation sites is 1. The number of pyridine rings is 1. The van der Waals surface area contributed by atoms with Crippen LogP contribution in [-0.2, 0) is 0 Å². The third-order valence-corrected chi connectivity index (χ3v) is 11.4. The topological polar surface area (TPSA) is 50.0 Å². The highest BCUT2D eigenvalue weighted by Crippen LogP contribution is 2.41. The van der Waals surface area contributed by atoms with Gasteiger partial charge in [-0.15, -0.1) is 0 Å². The summed E-state index contributed by atoms with van der Waals surface area (Å²) < 4.78 is 0. The molecular weight excluding hydrogens is 717 g/mol. The molecule has 0 N–H and O–H groups in total. The highest BCUT2D eigenvalue weighted by molar-refractivity contribution is 6.21. The van der Waals surface area contributed by atoms with Crippen LogP contribution in [0.15, 0.2) is 215 Å². The average molecular weight is 753 g/mol. The molecule has 2 heterocycles. The number of benzene rings is 9. The Kier molecular flexibility index (Phi) is 8.34. The van der Waals surface area contributed by atoms with Crippen molar-refractivity contribution in [1.29, 1.82) is 0 Å². The van der Waals surface area contributed by atoms with Crippen LogP contribution >= 0.6 is 0 Å². The first-order valence-electron chi connectivity index (χ1n) is 20.0. The molecule has 10 aromatic rings. The zero-order chi connectivity index (χ0) is 39.3. The van der Waals surface area contributed by atoms with Gasteiger partial charge < -0.3 is 0 Å². The maximum atomic E-state index is 5.47. The van der Waals surface area contributed by atoms with E-state index in [0.29, 0.717) is 11.7 Å². The molecule has 0 amide bonds. The number of fused-ring (bicyclic) bond motifs is 6. The Morgan fingerprint density at radius 2 is 1.00 bits per heavy atom. The largest absolute Gasteiger partial charge is 0.247 e. The average Bonchev–Trinajstić information content (AvgIpc) is 3.29. The molecule has 0 bridgehead atoms. The van der Waals surface area contributed by atoms with Gasteiger partial charge in [-0.25, -0.2) is 20.0 Å². The van der Waals surface area contributed by atoms with E-state index in [2.05, 4.69) is 157 Å². The number of rotatable bonds is 5. The quantitative estimate of drug-likeness (QED) is 0.0981. The third-order valence-electron chi connectivity index (χ3n) is 11.4. The van der Waals surface area contributed by atoms with Gasteiger partial charge in [0.1, 0.15) is 0 Å². The Balaban J connectivity index is 1.04. The number of nitrogens with zero attached hydrogens (tertiary/aromatic N) is 4. The van der Waals surface area contributed by atoms with Crippen LogP contribution in [0, 0.1) is 0 Å². The molecule has 0 unspecified atom stereocenters. The lowest BCUT2D eigenvalue weighted by molar-refractivity contribution is 1.34. The van der Waals surface area contributed by atoms with E-state index < -0.39 is 0 Å². The van der Waals surface area contributed by atoms with Crippen LogP contribution in [0.3, 0.4) is 0 Å². The van der Waals surface area contributed by atoms with Crippen molar-refractivity contribution in [2.75, 3.05) is 0 Å². The standard InChI is InChI=1S/C55H36N4/c1-35(56-54(40-15-3-2-4-16-40)59-55-47-21-11-12-22-51(47)58-55)36-23-27-39(28-24-36)52-34-49(44-30-26-38-14-6-8-18-42(38)32-44)50-33-48(45-19-9-10-20-46(45)53(50)57-52)43-29-25-37-13-5-7-17-41(37)31-43/h2-34H,1H3. The second-order valence-electron chi connectivity index (χ2n) is 15.1. The second-order valence-corrected chi connectivity index (χ2v) is 15.1. The minimum atomic E-state index is 0.631. The van der Waals surface area contributed by atoms with E-state index >= 15 is 0 Å². The van der Waals surface area contributed by atoms with Crippen LogP contribution in [0.4, 0.5) is 5.69 Å². The lowest BCUT2D eigenvalue weighted by Gasteiger charge is -2.16. The predicted octanol–water partition coefficient (Wildman–Crippen LogP) is 14.0. The Hall–Kier alpha value is -7.82. The molecule has 0 aliphatic carbocycles.